The van der Waals surface area contributed by atoms with Gasteiger partial charge in [0.2, 0.25) is 0 Å². The first-order valence-corrected chi connectivity index (χ1v) is 8.15. The third kappa shape index (κ3) is 3.18. The van der Waals surface area contributed by atoms with Gasteiger partial charge in [0.1, 0.15) is 5.75 Å². The van der Waals surface area contributed by atoms with E-state index in [1.165, 1.54) is 0 Å². The van der Waals surface area contributed by atoms with E-state index in [0.29, 0.717) is 0 Å². The highest BCUT2D eigenvalue weighted by Gasteiger charge is 2.31. The molecule has 1 aliphatic carbocycles. The SMILES string of the molecule is COc1ccc2c(c1)CCC(CN1CC(C)OC(C)C1)C2=O. The lowest BCUT2D eigenvalue weighted by Gasteiger charge is -2.37. The second-order valence-corrected chi connectivity index (χ2v) is 6.60. The van der Waals surface area contributed by atoms with Gasteiger partial charge in [-0.3, -0.25) is 9.69 Å². The minimum absolute atomic E-state index is 0.110. The molecule has 1 fully saturated rings. The number of rotatable bonds is 3. The molecule has 4 nitrogen and oxygen atoms in total. The lowest BCUT2D eigenvalue weighted by Crippen LogP contribution is -2.48. The number of methoxy groups -OCH3 is 1. The second kappa shape index (κ2) is 6.39. The van der Waals surface area contributed by atoms with Gasteiger partial charge in [-0.25, -0.2) is 0 Å². The number of aryl methyl sites for hydroxylation is 1. The van der Waals surface area contributed by atoms with Crippen LogP contribution >= 0.6 is 0 Å². The fourth-order valence-corrected chi connectivity index (χ4v) is 3.74. The number of benzene rings is 1. The van der Waals surface area contributed by atoms with Crippen molar-refractivity contribution in [2.75, 3.05) is 26.7 Å². The van der Waals surface area contributed by atoms with E-state index in [2.05, 4.69) is 18.7 Å². The predicted octanol–water partition coefficient (Wildman–Crippen LogP) is 2.55. The molecular weight excluding hydrogens is 278 g/mol. The molecule has 0 bridgehead atoms. The zero-order valence-electron chi connectivity index (χ0n) is 13.7. The van der Waals surface area contributed by atoms with Crippen molar-refractivity contribution in [1.82, 2.24) is 4.90 Å². The van der Waals surface area contributed by atoms with Gasteiger partial charge in [0.15, 0.2) is 5.78 Å². The Hall–Kier alpha value is -1.39. The Bertz CT molecular complexity index is 547. The number of carbonyl (C=O) groups excluding carboxylic acids is 1. The minimum atomic E-state index is 0.110. The number of carbonyl (C=O) groups is 1. The summed E-state index contributed by atoms with van der Waals surface area (Å²) in [5, 5.41) is 0. The van der Waals surface area contributed by atoms with Crippen molar-refractivity contribution in [1.29, 1.82) is 0 Å². The van der Waals surface area contributed by atoms with Crippen molar-refractivity contribution >= 4 is 5.78 Å². The first-order chi connectivity index (χ1) is 10.6. The molecule has 0 saturated carbocycles. The minimum Gasteiger partial charge on any atom is -0.497 e. The predicted molar refractivity (Wildman–Crippen MR) is 85.6 cm³/mol. The van der Waals surface area contributed by atoms with Crippen LogP contribution in [-0.2, 0) is 11.2 Å². The van der Waals surface area contributed by atoms with E-state index in [1.807, 2.05) is 18.2 Å². The second-order valence-electron chi connectivity index (χ2n) is 6.60. The average Bonchev–Trinajstić information content (AvgIpc) is 2.49. The van der Waals surface area contributed by atoms with Crippen LogP contribution in [0.1, 0.15) is 36.2 Å². The van der Waals surface area contributed by atoms with Crippen molar-refractivity contribution in [2.45, 2.75) is 38.9 Å². The van der Waals surface area contributed by atoms with Crippen LogP contribution in [0.2, 0.25) is 0 Å². The molecule has 2 aliphatic rings. The van der Waals surface area contributed by atoms with Crippen LogP contribution in [0.4, 0.5) is 0 Å². The van der Waals surface area contributed by atoms with Crippen molar-refractivity contribution in [3.05, 3.63) is 29.3 Å². The van der Waals surface area contributed by atoms with E-state index >= 15 is 0 Å². The number of hydrogen-bond donors (Lipinski definition) is 0. The highest BCUT2D eigenvalue weighted by atomic mass is 16.5. The molecule has 3 unspecified atom stereocenters. The van der Waals surface area contributed by atoms with Gasteiger partial charge in [0, 0.05) is 31.1 Å². The number of ether oxygens (including phenoxy) is 2. The molecule has 1 heterocycles. The molecule has 0 aromatic heterocycles. The van der Waals surface area contributed by atoms with Gasteiger partial charge >= 0.3 is 0 Å². The summed E-state index contributed by atoms with van der Waals surface area (Å²) < 4.78 is 11.0. The Balaban J connectivity index is 1.70. The van der Waals surface area contributed by atoms with Crippen LogP contribution in [0.5, 0.6) is 5.75 Å². The van der Waals surface area contributed by atoms with Crippen LogP contribution in [0.3, 0.4) is 0 Å². The molecule has 0 spiro atoms. The molecule has 0 radical (unpaired) electrons. The molecule has 0 amide bonds. The number of Topliss-reactive ketones (excluding diaryl/α,β-unsaturated/α-hetero) is 1. The average molecular weight is 303 g/mol. The van der Waals surface area contributed by atoms with Crippen molar-refractivity contribution in [2.24, 2.45) is 5.92 Å². The lowest BCUT2D eigenvalue weighted by atomic mass is 9.82. The van der Waals surface area contributed by atoms with Crippen molar-refractivity contribution in [3.8, 4) is 5.75 Å². The highest BCUT2D eigenvalue weighted by molar-refractivity contribution is 6.00. The number of ketones is 1. The summed E-state index contributed by atoms with van der Waals surface area (Å²) in [6.07, 6.45) is 2.38. The summed E-state index contributed by atoms with van der Waals surface area (Å²) in [5.74, 6) is 1.23. The maximum atomic E-state index is 12.8. The molecule has 4 heteroatoms. The molecule has 120 valence electrons. The number of hydrogen-bond acceptors (Lipinski definition) is 4. The standard InChI is InChI=1S/C18H25NO3/c1-12-9-19(10-13(2)22-12)11-15-5-4-14-8-16(21-3)6-7-17(14)18(15)20/h6-8,12-13,15H,4-5,9-11H2,1-3H3. The third-order valence-corrected chi connectivity index (χ3v) is 4.68. The first-order valence-electron chi connectivity index (χ1n) is 8.15. The van der Waals surface area contributed by atoms with Crippen LogP contribution in [0, 0.1) is 5.92 Å². The Morgan fingerprint density at radius 2 is 2.00 bits per heavy atom. The summed E-state index contributed by atoms with van der Waals surface area (Å²) in [6.45, 7) is 6.90. The topological polar surface area (TPSA) is 38.8 Å². The molecule has 1 aromatic carbocycles. The van der Waals surface area contributed by atoms with E-state index in [9.17, 15) is 4.79 Å². The lowest BCUT2D eigenvalue weighted by molar-refractivity contribution is -0.0707. The Kier molecular flexibility index (Phi) is 4.50. The quantitative estimate of drug-likeness (QED) is 0.860. The summed E-state index contributed by atoms with van der Waals surface area (Å²) in [4.78, 5) is 15.1. The largest absolute Gasteiger partial charge is 0.497 e. The smallest absolute Gasteiger partial charge is 0.167 e. The zero-order valence-corrected chi connectivity index (χ0v) is 13.7. The van der Waals surface area contributed by atoms with Crippen molar-refractivity contribution < 1.29 is 14.3 Å². The van der Waals surface area contributed by atoms with Gasteiger partial charge in [0.05, 0.1) is 19.3 Å². The fraction of sp³-hybridized carbons (Fsp3) is 0.611. The number of nitrogens with zero attached hydrogens (tertiary/aromatic N) is 1. The Labute approximate surface area is 132 Å². The van der Waals surface area contributed by atoms with Crippen LogP contribution < -0.4 is 4.74 Å². The van der Waals surface area contributed by atoms with Gasteiger partial charge in [-0.1, -0.05) is 0 Å². The summed E-state index contributed by atoms with van der Waals surface area (Å²) in [6, 6.07) is 5.81. The van der Waals surface area contributed by atoms with E-state index in [1.54, 1.807) is 7.11 Å². The maximum absolute atomic E-state index is 12.8. The van der Waals surface area contributed by atoms with Crippen LogP contribution in [-0.4, -0.2) is 49.6 Å². The van der Waals surface area contributed by atoms with Gasteiger partial charge < -0.3 is 9.47 Å². The van der Waals surface area contributed by atoms with Crippen LogP contribution in [0.15, 0.2) is 18.2 Å². The third-order valence-electron chi connectivity index (χ3n) is 4.68. The van der Waals surface area contributed by atoms with E-state index in [-0.39, 0.29) is 23.9 Å². The number of fused-ring (bicyclic) bond motifs is 1. The maximum Gasteiger partial charge on any atom is 0.167 e. The molecular formula is C18H25NO3. The molecule has 1 aliphatic heterocycles. The van der Waals surface area contributed by atoms with Gasteiger partial charge in [0.25, 0.3) is 0 Å². The normalized spacial score (nSPS) is 29.2. The zero-order chi connectivity index (χ0) is 15.7. The molecule has 3 atom stereocenters. The van der Waals surface area contributed by atoms with Gasteiger partial charge in [-0.05, 0) is 50.5 Å². The van der Waals surface area contributed by atoms with Crippen LogP contribution in [0.25, 0.3) is 0 Å². The van der Waals surface area contributed by atoms with Gasteiger partial charge in [-0.2, -0.15) is 0 Å². The van der Waals surface area contributed by atoms with E-state index in [0.717, 1.165) is 49.4 Å². The molecule has 1 saturated heterocycles. The van der Waals surface area contributed by atoms with E-state index < -0.39 is 0 Å². The fourth-order valence-electron chi connectivity index (χ4n) is 3.74. The van der Waals surface area contributed by atoms with Gasteiger partial charge in [-0.15, -0.1) is 0 Å². The highest BCUT2D eigenvalue weighted by Crippen LogP contribution is 2.29. The summed E-state index contributed by atoms with van der Waals surface area (Å²) in [5.41, 5.74) is 2.01. The van der Waals surface area contributed by atoms with E-state index in [4.69, 9.17) is 9.47 Å². The first kappa shape index (κ1) is 15.5. The monoisotopic (exact) mass is 303 g/mol. The Morgan fingerprint density at radius 3 is 2.68 bits per heavy atom. The molecule has 22 heavy (non-hydrogen) atoms. The van der Waals surface area contributed by atoms with Crippen molar-refractivity contribution in [3.63, 3.8) is 0 Å². The number of morpholine rings is 1. The molecule has 0 N–H and O–H groups in total. The summed E-state index contributed by atoms with van der Waals surface area (Å²) in [7, 11) is 1.66. The summed E-state index contributed by atoms with van der Waals surface area (Å²) >= 11 is 0. The molecule has 3 rings (SSSR count). The Morgan fingerprint density at radius 1 is 1.27 bits per heavy atom. The molecule has 1 aromatic rings.